The van der Waals surface area contributed by atoms with Gasteiger partial charge < -0.3 is 9.64 Å². The van der Waals surface area contributed by atoms with E-state index < -0.39 is 0 Å². The van der Waals surface area contributed by atoms with Crippen molar-refractivity contribution in [2.24, 2.45) is 0 Å². The summed E-state index contributed by atoms with van der Waals surface area (Å²) in [6, 6.07) is 0.181. The number of terminal acetylenes is 1. The van der Waals surface area contributed by atoms with Gasteiger partial charge in [-0.15, -0.1) is 6.42 Å². The molecule has 0 aromatic carbocycles. The predicted octanol–water partition coefficient (Wildman–Crippen LogP) is 0.0926. The number of nitrogens with zero attached hydrogens (tertiary/aromatic N) is 1. The molecule has 0 saturated carbocycles. The number of hydrogen-bond donors (Lipinski definition) is 1. The Bertz CT molecular complexity index is 221. The first kappa shape index (κ1) is 13.9. The summed E-state index contributed by atoms with van der Waals surface area (Å²) in [5, 5.41) is 2.88. The van der Waals surface area contributed by atoms with Crippen LogP contribution in [-0.2, 0) is 9.53 Å². The SMILES string of the molecule is C#CCNCC(=O)N(CCOC)C(C)C. The van der Waals surface area contributed by atoms with E-state index in [4.69, 9.17) is 11.2 Å². The van der Waals surface area contributed by atoms with Crippen LogP contribution in [0.4, 0.5) is 0 Å². The van der Waals surface area contributed by atoms with Gasteiger partial charge >= 0.3 is 0 Å². The summed E-state index contributed by atoms with van der Waals surface area (Å²) in [5.74, 6) is 2.48. The highest BCUT2D eigenvalue weighted by Gasteiger charge is 2.15. The number of methoxy groups -OCH3 is 1. The van der Waals surface area contributed by atoms with Gasteiger partial charge in [-0.1, -0.05) is 5.92 Å². The molecule has 0 heterocycles. The minimum absolute atomic E-state index is 0.0531. The van der Waals surface area contributed by atoms with E-state index >= 15 is 0 Å². The monoisotopic (exact) mass is 212 g/mol. The molecule has 0 saturated heterocycles. The molecule has 0 unspecified atom stereocenters. The highest BCUT2D eigenvalue weighted by atomic mass is 16.5. The van der Waals surface area contributed by atoms with Crippen LogP contribution in [0.25, 0.3) is 0 Å². The highest BCUT2D eigenvalue weighted by molar-refractivity contribution is 5.78. The summed E-state index contributed by atoms with van der Waals surface area (Å²) in [7, 11) is 1.62. The molecule has 0 aliphatic carbocycles. The maximum atomic E-state index is 11.7. The summed E-state index contributed by atoms with van der Waals surface area (Å²) >= 11 is 0. The second-order valence-corrected chi connectivity index (χ2v) is 3.48. The minimum atomic E-state index is 0.0531. The molecule has 1 N–H and O–H groups in total. The minimum Gasteiger partial charge on any atom is -0.383 e. The second kappa shape index (κ2) is 8.27. The van der Waals surface area contributed by atoms with Crippen LogP contribution in [0.15, 0.2) is 0 Å². The smallest absolute Gasteiger partial charge is 0.236 e. The standard InChI is InChI=1S/C11H20N2O2/c1-5-6-12-9-11(14)13(10(2)3)7-8-15-4/h1,10,12H,6-9H2,2-4H3. The quantitative estimate of drug-likeness (QED) is 0.480. The second-order valence-electron chi connectivity index (χ2n) is 3.48. The zero-order valence-corrected chi connectivity index (χ0v) is 9.75. The van der Waals surface area contributed by atoms with Crippen LogP contribution < -0.4 is 5.32 Å². The molecule has 86 valence electrons. The molecule has 15 heavy (non-hydrogen) atoms. The van der Waals surface area contributed by atoms with Crippen LogP contribution in [-0.4, -0.2) is 50.2 Å². The lowest BCUT2D eigenvalue weighted by molar-refractivity contribution is -0.132. The zero-order chi connectivity index (χ0) is 11.7. The van der Waals surface area contributed by atoms with E-state index in [1.165, 1.54) is 0 Å². The summed E-state index contributed by atoms with van der Waals surface area (Å²) in [6.45, 7) is 5.83. The third-order valence-electron chi connectivity index (χ3n) is 1.98. The Morgan fingerprint density at radius 2 is 2.27 bits per heavy atom. The average molecular weight is 212 g/mol. The molecular weight excluding hydrogens is 192 g/mol. The maximum absolute atomic E-state index is 11.7. The fourth-order valence-corrected chi connectivity index (χ4v) is 1.20. The lowest BCUT2D eigenvalue weighted by Crippen LogP contribution is -2.43. The molecule has 4 heteroatoms. The van der Waals surface area contributed by atoms with Gasteiger partial charge in [-0.2, -0.15) is 0 Å². The first-order chi connectivity index (χ1) is 7.13. The third-order valence-corrected chi connectivity index (χ3v) is 1.98. The van der Waals surface area contributed by atoms with E-state index in [1.54, 1.807) is 12.0 Å². The Balaban J connectivity index is 4.00. The highest BCUT2D eigenvalue weighted by Crippen LogP contribution is 1.98. The molecule has 0 aromatic heterocycles. The molecular formula is C11H20N2O2. The van der Waals surface area contributed by atoms with Gasteiger partial charge in [0.15, 0.2) is 0 Å². The predicted molar refractivity (Wildman–Crippen MR) is 60.4 cm³/mol. The molecule has 0 fully saturated rings. The number of rotatable bonds is 7. The first-order valence-corrected chi connectivity index (χ1v) is 5.06. The molecule has 0 aliphatic rings. The average Bonchev–Trinajstić information content (AvgIpc) is 2.18. The van der Waals surface area contributed by atoms with Crippen molar-refractivity contribution >= 4 is 5.91 Å². The van der Waals surface area contributed by atoms with Gasteiger partial charge in [0.2, 0.25) is 5.91 Å². The molecule has 0 atom stereocenters. The normalized spacial score (nSPS) is 10.1. The van der Waals surface area contributed by atoms with Crippen molar-refractivity contribution in [2.75, 3.05) is 33.4 Å². The van der Waals surface area contributed by atoms with Gasteiger partial charge in [0.1, 0.15) is 0 Å². The van der Waals surface area contributed by atoms with Crippen LogP contribution in [0.2, 0.25) is 0 Å². The summed E-state index contributed by atoms with van der Waals surface area (Å²) < 4.78 is 4.95. The van der Waals surface area contributed by atoms with Gasteiger partial charge in [-0.25, -0.2) is 0 Å². The molecule has 0 aliphatic heterocycles. The van der Waals surface area contributed by atoms with E-state index in [1.807, 2.05) is 13.8 Å². The molecule has 0 radical (unpaired) electrons. The summed E-state index contributed by atoms with van der Waals surface area (Å²) in [4.78, 5) is 13.5. The largest absolute Gasteiger partial charge is 0.383 e. The number of carbonyl (C=O) groups excluding carboxylic acids is 1. The molecule has 0 aromatic rings. The Kier molecular flexibility index (Phi) is 7.69. The zero-order valence-electron chi connectivity index (χ0n) is 9.75. The fraction of sp³-hybridized carbons (Fsp3) is 0.727. The van der Waals surface area contributed by atoms with E-state index in [2.05, 4.69) is 11.2 Å². The summed E-state index contributed by atoms with van der Waals surface area (Å²) in [6.07, 6.45) is 5.07. The molecule has 1 amide bonds. The van der Waals surface area contributed by atoms with Crippen molar-refractivity contribution in [3.63, 3.8) is 0 Å². The Labute approximate surface area is 92.0 Å². The van der Waals surface area contributed by atoms with E-state index in [-0.39, 0.29) is 18.5 Å². The van der Waals surface area contributed by atoms with Crippen LogP contribution >= 0.6 is 0 Å². The van der Waals surface area contributed by atoms with Gasteiger partial charge in [0.05, 0.1) is 19.7 Å². The van der Waals surface area contributed by atoms with Crippen LogP contribution in [0.1, 0.15) is 13.8 Å². The number of ether oxygens (including phenoxy) is 1. The van der Waals surface area contributed by atoms with Gasteiger partial charge in [0, 0.05) is 19.7 Å². The lowest BCUT2D eigenvalue weighted by Gasteiger charge is -2.26. The lowest BCUT2D eigenvalue weighted by atomic mass is 10.3. The van der Waals surface area contributed by atoms with Crippen LogP contribution in [0.3, 0.4) is 0 Å². The number of carbonyl (C=O) groups is 1. The first-order valence-electron chi connectivity index (χ1n) is 5.06. The number of amides is 1. The van der Waals surface area contributed by atoms with E-state index in [0.29, 0.717) is 19.7 Å². The number of hydrogen-bond acceptors (Lipinski definition) is 3. The fourth-order valence-electron chi connectivity index (χ4n) is 1.20. The maximum Gasteiger partial charge on any atom is 0.236 e. The van der Waals surface area contributed by atoms with E-state index in [9.17, 15) is 4.79 Å². The van der Waals surface area contributed by atoms with Crippen molar-refractivity contribution in [1.29, 1.82) is 0 Å². The summed E-state index contributed by atoms with van der Waals surface area (Å²) in [5.41, 5.74) is 0. The molecule has 0 rings (SSSR count). The van der Waals surface area contributed by atoms with Crippen molar-refractivity contribution in [1.82, 2.24) is 10.2 Å². The van der Waals surface area contributed by atoms with Crippen molar-refractivity contribution in [2.45, 2.75) is 19.9 Å². The van der Waals surface area contributed by atoms with E-state index in [0.717, 1.165) is 0 Å². The van der Waals surface area contributed by atoms with Gasteiger partial charge in [-0.3, -0.25) is 10.1 Å². The molecule has 0 spiro atoms. The Hall–Kier alpha value is -1.05. The topological polar surface area (TPSA) is 41.6 Å². The van der Waals surface area contributed by atoms with Crippen molar-refractivity contribution in [3.05, 3.63) is 0 Å². The molecule has 0 bridgehead atoms. The van der Waals surface area contributed by atoms with Crippen molar-refractivity contribution < 1.29 is 9.53 Å². The Morgan fingerprint density at radius 3 is 2.73 bits per heavy atom. The number of nitrogens with one attached hydrogen (secondary N) is 1. The van der Waals surface area contributed by atoms with Crippen LogP contribution in [0, 0.1) is 12.3 Å². The molecule has 4 nitrogen and oxygen atoms in total. The van der Waals surface area contributed by atoms with Gasteiger partial charge in [0.25, 0.3) is 0 Å². The Morgan fingerprint density at radius 1 is 1.60 bits per heavy atom. The van der Waals surface area contributed by atoms with Gasteiger partial charge in [-0.05, 0) is 13.8 Å². The van der Waals surface area contributed by atoms with Crippen molar-refractivity contribution in [3.8, 4) is 12.3 Å². The van der Waals surface area contributed by atoms with Crippen LogP contribution in [0.5, 0.6) is 0 Å². The third kappa shape index (κ3) is 6.10.